The van der Waals surface area contributed by atoms with Gasteiger partial charge in [0.1, 0.15) is 6.73 Å². The largest absolute Gasteiger partial charge is 0.362 e. The molecular formula is C5H7ClN2O. The molecule has 0 amide bonds. The summed E-state index contributed by atoms with van der Waals surface area (Å²) in [5.41, 5.74) is 0. The maximum Gasteiger partial charge on any atom is 0.138 e. The van der Waals surface area contributed by atoms with Crippen LogP contribution in [0.4, 0.5) is 0 Å². The molecule has 0 radical (unpaired) electrons. The number of aromatic nitrogens is 2. The lowest BCUT2D eigenvalue weighted by molar-refractivity contribution is 0.120. The van der Waals surface area contributed by atoms with E-state index in [-0.39, 0.29) is 0 Å². The molecule has 0 aromatic carbocycles. The van der Waals surface area contributed by atoms with Crippen molar-refractivity contribution in [2.24, 2.45) is 0 Å². The van der Waals surface area contributed by atoms with Crippen molar-refractivity contribution in [1.29, 1.82) is 0 Å². The van der Waals surface area contributed by atoms with Crippen LogP contribution in [0.2, 0.25) is 5.02 Å². The number of rotatable bonds is 2. The Morgan fingerprint density at radius 3 is 3.11 bits per heavy atom. The van der Waals surface area contributed by atoms with Crippen molar-refractivity contribution in [1.82, 2.24) is 9.78 Å². The Hall–Kier alpha value is -0.540. The fourth-order valence-electron chi connectivity index (χ4n) is 0.541. The predicted molar refractivity (Wildman–Crippen MR) is 34.2 cm³/mol. The van der Waals surface area contributed by atoms with Gasteiger partial charge in [-0.25, -0.2) is 4.68 Å². The van der Waals surface area contributed by atoms with Gasteiger partial charge < -0.3 is 4.74 Å². The van der Waals surface area contributed by atoms with E-state index in [9.17, 15) is 0 Å². The van der Waals surface area contributed by atoms with E-state index in [4.69, 9.17) is 16.3 Å². The average Bonchev–Trinajstić information content (AvgIpc) is 2.17. The highest BCUT2D eigenvalue weighted by atomic mass is 35.5. The number of nitrogens with zero attached hydrogens (tertiary/aromatic N) is 2. The molecule has 1 heterocycles. The zero-order chi connectivity index (χ0) is 6.69. The molecule has 0 N–H and O–H groups in total. The number of hydrogen-bond donors (Lipinski definition) is 0. The van der Waals surface area contributed by atoms with E-state index in [2.05, 4.69) is 5.10 Å². The van der Waals surface area contributed by atoms with Crippen LogP contribution >= 0.6 is 11.6 Å². The van der Waals surface area contributed by atoms with E-state index < -0.39 is 0 Å². The summed E-state index contributed by atoms with van der Waals surface area (Å²) < 4.78 is 6.40. The van der Waals surface area contributed by atoms with E-state index in [0.29, 0.717) is 11.8 Å². The topological polar surface area (TPSA) is 27.1 Å². The van der Waals surface area contributed by atoms with E-state index >= 15 is 0 Å². The molecule has 0 unspecified atom stereocenters. The third kappa shape index (κ3) is 1.69. The summed E-state index contributed by atoms with van der Waals surface area (Å²) in [6, 6.07) is 0. The van der Waals surface area contributed by atoms with Crippen LogP contribution < -0.4 is 0 Å². The van der Waals surface area contributed by atoms with Gasteiger partial charge >= 0.3 is 0 Å². The van der Waals surface area contributed by atoms with Crippen LogP contribution in [0.3, 0.4) is 0 Å². The van der Waals surface area contributed by atoms with Crippen molar-refractivity contribution < 1.29 is 4.74 Å². The predicted octanol–water partition coefficient (Wildman–Crippen LogP) is 1.14. The molecular weight excluding hydrogens is 140 g/mol. The minimum atomic E-state index is 0.451. The molecule has 0 saturated heterocycles. The Labute approximate surface area is 58.2 Å². The van der Waals surface area contributed by atoms with E-state index in [1.54, 1.807) is 24.2 Å². The molecule has 1 rings (SSSR count). The first-order valence-corrected chi connectivity index (χ1v) is 2.87. The van der Waals surface area contributed by atoms with Crippen LogP contribution in [-0.4, -0.2) is 16.9 Å². The van der Waals surface area contributed by atoms with Gasteiger partial charge in [-0.1, -0.05) is 11.6 Å². The second kappa shape index (κ2) is 2.85. The second-order valence-corrected chi connectivity index (χ2v) is 2.05. The maximum atomic E-state index is 5.56. The normalized spacial score (nSPS) is 10.0. The molecule has 0 fully saturated rings. The van der Waals surface area contributed by atoms with Crippen LogP contribution in [0.25, 0.3) is 0 Å². The zero-order valence-corrected chi connectivity index (χ0v) is 5.80. The smallest absolute Gasteiger partial charge is 0.138 e. The van der Waals surface area contributed by atoms with Gasteiger partial charge in [0, 0.05) is 13.3 Å². The van der Waals surface area contributed by atoms with E-state index in [0.717, 1.165) is 0 Å². The molecule has 0 aliphatic rings. The highest BCUT2D eigenvalue weighted by Crippen LogP contribution is 2.03. The summed E-state index contributed by atoms with van der Waals surface area (Å²) in [5.74, 6) is 0. The third-order valence-electron chi connectivity index (χ3n) is 0.863. The van der Waals surface area contributed by atoms with Gasteiger partial charge in [0.25, 0.3) is 0 Å². The van der Waals surface area contributed by atoms with Gasteiger partial charge in [0.05, 0.1) is 11.2 Å². The summed E-state index contributed by atoms with van der Waals surface area (Å²) in [6.07, 6.45) is 3.27. The fraction of sp³-hybridized carbons (Fsp3) is 0.400. The van der Waals surface area contributed by atoms with Crippen LogP contribution in [-0.2, 0) is 11.5 Å². The first-order chi connectivity index (χ1) is 4.33. The Bertz CT molecular complexity index is 187. The maximum absolute atomic E-state index is 5.56. The molecule has 0 bridgehead atoms. The van der Waals surface area contributed by atoms with Crippen LogP contribution in [0.1, 0.15) is 0 Å². The van der Waals surface area contributed by atoms with Crippen molar-refractivity contribution in [3.63, 3.8) is 0 Å². The fourth-order valence-corrected chi connectivity index (χ4v) is 0.698. The van der Waals surface area contributed by atoms with Gasteiger partial charge in [0.2, 0.25) is 0 Å². The zero-order valence-electron chi connectivity index (χ0n) is 5.04. The van der Waals surface area contributed by atoms with Crippen LogP contribution in [0.15, 0.2) is 12.4 Å². The number of methoxy groups -OCH3 is 1. The number of ether oxygens (including phenoxy) is 1. The first-order valence-electron chi connectivity index (χ1n) is 2.50. The molecule has 0 aliphatic heterocycles. The van der Waals surface area contributed by atoms with Gasteiger partial charge in [-0.15, -0.1) is 0 Å². The molecule has 3 nitrogen and oxygen atoms in total. The molecule has 1 aromatic heterocycles. The Morgan fingerprint density at radius 1 is 1.89 bits per heavy atom. The summed E-state index contributed by atoms with van der Waals surface area (Å²) in [4.78, 5) is 0. The molecule has 50 valence electrons. The summed E-state index contributed by atoms with van der Waals surface area (Å²) in [5, 5.41) is 4.50. The first kappa shape index (κ1) is 6.58. The summed E-state index contributed by atoms with van der Waals surface area (Å²) in [6.45, 7) is 0.451. The number of hydrogen-bond acceptors (Lipinski definition) is 2. The van der Waals surface area contributed by atoms with Gasteiger partial charge in [-0.2, -0.15) is 5.10 Å². The van der Waals surface area contributed by atoms with Crippen LogP contribution in [0.5, 0.6) is 0 Å². The van der Waals surface area contributed by atoms with Gasteiger partial charge in [0.15, 0.2) is 0 Å². The Morgan fingerprint density at radius 2 is 2.67 bits per heavy atom. The van der Waals surface area contributed by atoms with Crippen molar-refractivity contribution in [3.8, 4) is 0 Å². The molecule has 0 atom stereocenters. The average molecular weight is 147 g/mol. The molecule has 0 spiro atoms. The standard InChI is InChI=1S/C5H7ClN2O/c1-9-4-8-3-5(6)2-7-8/h2-3H,4H2,1H3. The molecule has 4 heteroatoms. The third-order valence-corrected chi connectivity index (χ3v) is 1.06. The van der Waals surface area contributed by atoms with E-state index in [1.807, 2.05) is 0 Å². The quantitative estimate of drug-likeness (QED) is 0.626. The molecule has 9 heavy (non-hydrogen) atoms. The van der Waals surface area contributed by atoms with Crippen molar-refractivity contribution in [2.45, 2.75) is 6.73 Å². The van der Waals surface area contributed by atoms with Crippen molar-refractivity contribution >= 4 is 11.6 Å². The lowest BCUT2D eigenvalue weighted by atomic mass is 10.7. The summed E-state index contributed by atoms with van der Waals surface area (Å²) in [7, 11) is 1.61. The highest BCUT2D eigenvalue weighted by molar-refractivity contribution is 6.30. The SMILES string of the molecule is COCn1cc(Cl)cn1. The lowest BCUT2D eigenvalue weighted by Gasteiger charge is -1.94. The monoisotopic (exact) mass is 146 g/mol. The van der Waals surface area contributed by atoms with E-state index in [1.165, 1.54) is 0 Å². The Kier molecular flexibility index (Phi) is 2.08. The molecule has 0 aliphatic carbocycles. The number of halogens is 1. The van der Waals surface area contributed by atoms with Gasteiger partial charge in [-0.3, -0.25) is 0 Å². The van der Waals surface area contributed by atoms with Crippen LogP contribution in [0, 0.1) is 0 Å². The minimum absolute atomic E-state index is 0.451. The van der Waals surface area contributed by atoms with Crippen molar-refractivity contribution in [3.05, 3.63) is 17.4 Å². The molecule has 0 saturated carbocycles. The Balaban J connectivity index is 2.61. The lowest BCUT2D eigenvalue weighted by Crippen LogP contribution is -1.98. The van der Waals surface area contributed by atoms with Crippen molar-refractivity contribution in [2.75, 3.05) is 7.11 Å². The second-order valence-electron chi connectivity index (χ2n) is 1.62. The van der Waals surface area contributed by atoms with Gasteiger partial charge in [-0.05, 0) is 0 Å². The minimum Gasteiger partial charge on any atom is -0.362 e. The highest BCUT2D eigenvalue weighted by Gasteiger charge is 1.90. The summed E-state index contributed by atoms with van der Waals surface area (Å²) >= 11 is 5.56. The molecule has 1 aromatic rings.